The molecule has 0 saturated carbocycles. The molecule has 0 unspecified atom stereocenters. The van der Waals surface area contributed by atoms with E-state index in [0.29, 0.717) is 91.0 Å². The molecular weight excluding hydrogens is 853 g/mol. The van der Waals surface area contributed by atoms with Crippen molar-refractivity contribution in [2.45, 2.75) is 119 Å². The minimum Gasteiger partial charge on any atom is -0.481 e. The molecule has 19 heteroatoms. The van der Waals surface area contributed by atoms with Gasteiger partial charge in [0.2, 0.25) is 23.6 Å². The average Bonchev–Trinajstić information content (AvgIpc) is 3.89. The highest BCUT2D eigenvalue weighted by Crippen LogP contribution is 2.19. The Hall–Kier alpha value is -4.36. The van der Waals surface area contributed by atoms with Gasteiger partial charge in [0, 0.05) is 84.5 Å². The molecule has 0 aromatic carbocycles. The molecule has 19 nitrogen and oxygen atoms in total. The molecule has 3 saturated heterocycles. The van der Waals surface area contributed by atoms with Crippen molar-refractivity contribution in [3.8, 4) is 0 Å². The number of hydrogen-bond acceptors (Lipinski definition) is 14. The van der Waals surface area contributed by atoms with Crippen molar-refractivity contribution in [3.05, 3.63) is 0 Å². The van der Waals surface area contributed by atoms with Crippen LogP contribution >= 0.6 is 0 Å². The van der Waals surface area contributed by atoms with Crippen LogP contribution in [0.1, 0.15) is 119 Å². The van der Waals surface area contributed by atoms with Crippen LogP contribution in [0.3, 0.4) is 0 Å². The number of aliphatic imine (C=N–C) groups is 1. The number of aliphatic carboxylic acids is 1. The van der Waals surface area contributed by atoms with E-state index in [0.717, 1.165) is 104 Å². The van der Waals surface area contributed by atoms with Crippen LogP contribution in [0.25, 0.3) is 0 Å². The first kappa shape index (κ1) is 59.7. The smallest absolute Gasteiger partial charge is 0.309 e. The van der Waals surface area contributed by atoms with Gasteiger partial charge in [-0.25, -0.2) is 0 Å². The van der Waals surface area contributed by atoms with Gasteiger partial charge in [-0.1, -0.05) is 34.6 Å². The fraction of sp³-hybridized carbons (Fsp3) is 0.830. The minimum absolute atomic E-state index is 0.00457. The summed E-state index contributed by atoms with van der Waals surface area (Å²) < 4.78 is 15.1. The van der Waals surface area contributed by atoms with Crippen molar-refractivity contribution in [2.24, 2.45) is 22.7 Å². The molecule has 4 heterocycles. The van der Waals surface area contributed by atoms with Gasteiger partial charge in [0.15, 0.2) is 5.90 Å². The molecule has 66 heavy (non-hydrogen) atoms. The lowest BCUT2D eigenvalue weighted by Gasteiger charge is -2.32. The van der Waals surface area contributed by atoms with Crippen molar-refractivity contribution in [3.63, 3.8) is 0 Å². The Morgan fingerprint density at radius 3 is 1.39 bits per heavy atom. The quantitative estimate of drug-likeness (QED) is 0.115. The lowest BCUT2D eigenvalue weighted by atomic mass is 9.97. The van der Waals surface area contributed by atoms with E-state index in [1.807, 2.05) is 46.4 Å². The number of nitrogens with one attached hydrogen (secondary N) is 3. The summed E-state index contributed by atoms with van der Waals surface area (Å²) >= 11 is 0. The zero-order valence-electron chi connectivity index (χ0n) is 41.5. The van der Waals surface area contributed by atoms with Gasteiger partial charge in [-0.15, -0.1) is 0 Å². The second kappa shape index (κ2) is 36.7. The number of rotatable bonds is 22. The predicted molar refractivity (Wildman–Crippen MR) is 254 cm³/mol. The average molecular weight is 939 g/mol. The summed E-state index contributed by atoms with van der Waals surface area (Å²) in [5.74, 6) is 0.205. The second-order valence-corrected chi connectivity index (χ2v) is 16.5. The van der Waals surface area contributed by atoms with Crippen LogP contribution in [0.4, 0.5) is 0 Å². The molecule has 380 valence electrons. The summed E-state index contributed by atoms with van der Waals surface area (Å²) in [7, 11) is 0. The van der Waals surface area contributed by atoms with E-state index in [9.17, 15) is 33.6 Å². The Balaban J connectivity index is 0.000000483. The molecule has 4 aliphatic heterocycles. The highest BCUT2D eigenvalue weighted by molar-refractivity contribution is 5.78. The van der Waals surface area contributed by atoms with Gasteiger partial charge in [0.25, 0.3) is 0 Å². The molecule has 0 aromatic rings. The number of amides is 4. The standard InChI is InChI=1S/C18H33N3O4.C16H29N3O4.C8H15NO2.C5H9NO/c1-4-16(22)19-9-12-21(17(23)5-2)14-13-20-10-7-15(8-11-20)18(24)25-6-3;1-3-14(20)17-7-10-19(15(21)4-2)12-11-18-8-5-13(6-9-18)16(22)23;1-2-11-8(10)7-3-5-9-6-4-7;1-2-5-6-3-4-7-5/h15H,4-14H2,1-3H3,(H,19,22);13H,3-12H2,1-2H3,(H,17,20)(H,22,23);7,9H,2-6H2,1H3;2-4H2,1H3. The van der Waals surface area contributed by atoms with Crippen LogP contribution < -0.4 is 16.0 Å². The number of carboxylic acids is 1. The summed E-state index contributed by atoms with van der Waals surface area (Å²) in [6, 6.07) is 0. The third-order valence-electron chi connectivity index (χ3n) is 11.8. The first-order chi connectivity index (χ1) is 31.8. The first-order valence-corrected chi connectivity index (χ1v) is 24.7. The van der Waals surface area contributed by atoms with Gasteiger partial charge >= 0.3 is 17.9 Å². The molecule has 4 N–H and O–H groups in total. The fourth-order valence-electron chi connectivity index (χ4n) is 7.57. The largest absolute Gasteiger partial charge is 0.481 e. The Labute approximate surface area is 394 Å². The monoisotopic (exact) mass is 939 g/mol. The number of likely N-dealkylation sites (tertiary alicyclic amines) is 2. The number of esters is 2. The zero-order valence-corrected chi connectivity index (χ0v) is 41.5. The predicted octanol–water partition coefficient (Wildman–Crippen LogP) is 2.95. The van der Waals surface area contributed by atoms with E-state index >= 15 is 0 Å². The van der Waals surface area contributed by atoms with Crippen LogP contribution in [-0.2, 0) is 47.8 Å². The SMILES string of the molecule is CCC(=O)NCCN(CCN1CCC(C(=O)O)CC1)C(=O)CC.CCC1=NCCO1.CCOC(=O)C1CCN(CCN(CCNC(=O)CC)C(=O)CC)CC1.CCOC(=O)C1CCNCC1. The number of carbonyl (C=O) groups excluding carboxylic acids is 6. The second-order valence-electron chi connectivity index (χ2n) is 16.5. The maximum Gasteiger partial charge on any atom is 0.309 e. The Morgan fingerprint density at radius 1 is 0.636 bits per heavy atom. The minimum atomic E-state index is -0.709. The van der Waals surface area contributed by atoms with E-state index in [1.165, 1.54) is 0 Å². The van der Waals surface area contributed by atoms with E-state index in [4.69, 9.17) is 19.3 Å². The molecule has 0 bridgehead atoms. The van der Waals surface area contributed by atoms with E-state index in [2.05, 4.69) is 30.7 Å². The third-order valence-corrected chi connectivity index (χ3v) is 11.8. The molecule has 0 atom stereocenters. The van der Waals surface area contributed by atoms with E-state index < -0.39 is 5.97 Å². The highest BCUT2D eigenvalue weighted by Gasteiger charge is 2.27. The maximum atomic E-state index is 12.1. The first-order valence-electron chi connectivity index (χ1n) is 24.7. The number of piperidine rings is 3. The summed E-state index contributed by atoms with van der Waals surface area (Å²) in [4.78, 5) is 92.6. The summed E-state index contributed by atoms with van der Waals surface area (Å²) in [6.07, 6.45) is 7.58. The van der Waals surface area contributed by atoms with Crippen LogP contribution in [0, 0.1) is 17.8 Å². The van der Waals surface area contributed by atoms with Crippen LogP contribution in [0.15, 0.2) is 4.99 Å². The van der Waals surface area contributed by atoms with Gasteiger partial charge < -0.3 is 54.9 Å². The van der Waals surface area contributed by atoms with Gasteiger partial charge in [0.1, 0.15) is 6.61 Å². The van der Waals surface area contributed by atoms with Gasteiger partial charge in [-0.2, -0.15) is 0 Å². The number of nitrogens with zero attached hydrogens (tertiary/aromatic N) is 5. The molecule has 4 aliphatic rings. The molecule has 3 fully saturated rings. The molecule has 0 aliphatic carbocycles. The molecular formula is C47H86N8O11. The van der Waals surface area contributed by atoms with Crippen molar-refractivity contribution in [1.29, 1.82) is 0 Å². The topological polar surface area (TPSA) is 229 Å². The highest BCUT2D eigenvalue weighted by atomic mass is 16.5. The fourth-order valence-corrected chi connectivity index (χ4v) is 7.57. The molecule has 0 radical (unpaired) electrons. The number of carboxylic acid groups (broad SMARTS) is 1. The summed E-state index contributed by atoms with van der Waals surface area (Å²) in [5, 5.41) is 17.8. The zero-order chi connectivity index (χ0) is 49.1. The van der Waals surface area contributed by atoms with E-state index in [-0.39, 0.29) is 53.3 Å². The molecule has 0 spiro atoms. The van der Waals surface area contributed by atoms with Crippen LogP contribution in [-0.4, -0.2) is 190 Å². The summed E-state index contributed by atoms with van der Waals surface area (Å²) in [5.41, 5.74) is 0. The Morgan fingerprint density at radius 2 is 1.06 bits per heavy atom. The van der Waals surface area contributed by atoms with Crippen LogP contribution in [0.2, 0.25) is 0 Å². The maximum absolute atomic E-state index is 12.1. The van der Waals surface area contributed by atoms with Crippen molar-refractivity contribution in [2.75, 3.05) is 118 Å². The third kappa shape index (κ3) is 26.1. The van der Waals surface area contributed by atoms with Gasteiger partial charge in [0.05, 0.1) is 37.5 Å². The molecule has 4 rings (SSSR count). The number of hydrogen-bond donors (Lipinski definition) is 4. The van der Waals surface area contributed by atoms with Crippen LogP contribution in [0.5, 0.6) is 0 Å². The summed E-state index contributed by atoms with van der Waals surface area (Å²) in [6.45, 7) is 25.6. The van der Waals surface area contributed by atoms with E-state index in [1.54, 1.807) is 11.8 Å². The van der Waals surface area contributed by atoms with Gasteiger partial charge in [-0.3, -0.25) is 38.6 Å². The lowest BCUT2D eigenvalue weighted by molar-refractivity contribution is -0.150. The molecule has 4 amide bonds. The normalized spacial score (nSPS) is 16.8. The number of ether oxygens (including phenoxy) is 3. The lowest BCUT2D eigenvalue weighted by Crippen LogP contribution is -2.44. The molecule has 0 aromatic heterocycles. The Bertz CT molecular complexity index is 1450. The van der Waals surface area contributed by atoms with Crippen molar-refractivity contribution in [1.82, 2.24) is 35.6 Å². The van der Waals surface area contributed by atoms with Gasteiger partial charge in [-0.05, 0) is 91.6 Å². The number of carbonyl (C=O) groups is 7. The van der Waals surface area contributed by atoms with Crippen molar-refractivity contribution >= 4 is 47.4 Å². The van der Waals surface area contributed by atoms with Crippen molar-refractivity contribution < 1.29 is 52.9 Å². The Kier molecular flexibility index (Phi) is 33.2.